The Morgan fingerprint density at radius 3 is 1.63 bits per heavy atom. The summed E-state index contributed by atoms with van der Waals surface area (Å²) in [4.78, 5) is 171. The molecule has 492 valence electrons. The number of nitrogens with zero attached hydrogens (tertiary/aromatic N) is 8. The van der Waals surface area contributed by atoms with Gasteiger partial charge in [-0.2, -0.15) is 0 Å². The van der Waals surface area contributed by atoms with E-state index in [0.29, 0.717) is 17.7 Å². The number of methoxy groups -OCH3 is 1. The van der Waals surface area contributed by atoms with Gasteiger partial charge in [0.25, 0.3) is 5.91 Å². The Bertz CT molecular complexity index is 2550. The van der Waals surface area contributed by atoms with Gasteiger partial charge in [0.2, 0.25) is 53.2 Å². The third-order valence-corrected chi connectivity index (χ3v) is 17.0. The molecule has 24 heteroatoms. The summed E-state index contributed by atoms with van der Waals surface area (Å²) in [6, 6.07) is -6.55. The van der Waals surface area contributed by atoms with Gasteiger partial charge in [-0.25, -0.2) is 0 Å². The number of carbonyl (C=O) groups is 11. The Hall–Kier alpha value is -6.85. The summed E-state index contributed by atoms with van der Waals surface area (Å²) in [7, 11) is 14.7. The van der Waals surface area contributed by atoms with E-state index in [-0.39, 0.29) is 37.0 Å². The number of benzene rings is 1. The van der Waals surface area contributed by atoms with Gasteiger partial charge in [0.1, 0.15) is 66.2 Å². The fourth-order valence-corrected chi connectivity index (χ4v) is 11.0. The number of likely N-dealkylation sites (N-methyl/N-ethyl adjacent to an activating group) is 8. The summed E-state index contributed by atoms with van der Waals surface area (Å²) >= 11 is 0. The standard InChI is InChI=1S/C63H107N11O13/c1-26-38(10)50-55(77)65-40(12)56(78)71(21)47(31-34(2)3)54(76)66-46(33-44-27-29-45(86-25)30-28-44)59(81)68(18)41(13)53(75)64-39(11)51(61(83)69(19)43(15)58(80)73(50)23)74(24)60(82)48(32-35(4)5)72(22)57(79)42(14)70(20)62(84)52(37(8)9)87-63(85)49(36(6)7)67(16)17/h27-30,34-43,46-52H,26,31-33H2,1-25H3,(H,64,75)(H,65,77)(H,66,76)/t38-,39+,40-,41+,42-,43-,46-,47-,48-,49-,50-,51-,52+/m0/s1. The van der Waals surface area contributed by atoms with Crippen molar-refractivity contribution in [2.75, 3.05) is 70.5 Å². The van der Waals surface area contributed by atoms with E-state index < -0.39 is 149 Å². The minimum absolute atomic E-state index is 0.0525. The minimum Gasteiger partial charge on any atom is -0.497 e. The predicted octanol–water partition coefficient (Wildman–Crippen LogP) is 2.89. The van der Waals surface area contributed by atoms with Crippen molar-refractivity contribution in [1.82, 2.24) is 55.1 Å². The Morgan fingerprint density at radius 1 is 0.598 bits per heavy atom. The van der Waals surface area contributed by atoms with Crippen LogP contribution >= 0.6 is 0 Å². The van der Waals surface area contributed by atoms with Gasteiger partial charge in [-0.15, -0.1) is 0 Å². The number of nitrogens with one attached hydrogen (secondary N) is 3. The van der Waals surface area contributed by atoms with E-state index >= 15 is 9.59 Å². The lowest BCUT2D eigenvalue weighted by Crippen LogP contribution is -2.65. The molecule has 2 rings (SSSR count). The van der Waals surface area contributed by atoms with Gasteiger partial charge in [0, 0.05) is 55.8 Å². The molecule has 1 heterocycles. The van der Waals surface area contributed by atoms with Crippen LogP contribution in [0, 0.1) is 29.6 Å². The lowest BCUT2D eigenvalue weighted by Gasteiger charge is -2.41. The summed E-state index contributed by atoms with van der Waals surface area (Å²) in [5.74, 6) is -8.47. The first kappa shape index (κ1) is 76.2. The maximum Gasteiger partial charge on any atom is 0.324 e. The molecular weight excluding hydrogens is 1120 g/mol. The maximum absolute atomic E-state index is 15.4. The number of rotatable bonds is 20. The van der Waals surface area contributed by atoms with Crippen LogP contribution in [0.25, 0.3) is 0 Å². The molecule has 1 aliphatic rings. The largest absolute Gasteiger partial charge is 0.497 e. The van der Waals surface area contributed by atoms with Crippen molar-refractivity contribution in [2.45, 2.75) is 202 Å². The third-order valence-electron chi connectivity index (χ3n) is 17.0. The summed E-state index contributed by atoms with van der Waals surface area (Å²) in [6.07, 6.45) is -0.661. The second-order valence-electron chi connectivity index (χ2n) is 25.6. The molecule has 1 aromatic rings. The number of hydrogen-bond acceptors (Lipinski definition) is 14. The highest BCUT2D eigenvalue weighted by atomic mass is 16.6. The molecule has 10 amide bonds. The number of ether oxygens (including phenoxy) is 2. The van der Waals surface area contributed by atoms with Crippen LogP contribution in [0.15, 0.2) is 24.3 Å². The molecule has 13 atom stereocenters. The lowest BCUT2D eigenvalue weighted by molar-refractivity contribution is -0.169. The molecule has 0 aliphatic carbocycles. The molecule has 0 aromatic heterocycles. The van der Waals surface area contributed by atoms with E-state index in [0.717, 1.165) is 14.7 Å². The zero-order valence-corrected chi connectivity index (χ0v) is 56.8. The highest BCUT2D eigenvalue weighted by Crippen LogP contribution is 2.24. The molecule has 24 nitrogen and oxygen atoms in total. The molecule has 1 aliphatic heterocycles. The fourth-order valence-electron chi connectivity index (χ4n) is 11.0. The first-order valence-corrected chi connectivity index (χ1v) is 30.5. The first-order valence-electron chi connectivity index (χ1n) is 30.5. The summed E-state index contributed by atoms with van der Waals surface area (Å²) in [6.45, 7) is 25.6. The zero-order valence-electron chi connectivity index (χ0n) is 56.8. The monoisotopic (exact) mass is 1230 g/mol. The van der Waals surface area contributed by atoms with Crippen molar-refractivity contribution in [1.29, 1.82) is 0 Å². The van der Waals surface area contributed by atoms with Crippen LogP contribution in [-0.2, 0) is 63.9 Å². The molecule has 0 unspecified atom stereocenters. The van der Waals surface area contributed by atoms with Crippen molar-refractivity contribution in [3.63, 3.8) is 0 Å². The van der Waals surface area contributed by atoms with Crippen LogP contribution in [0.2, 0.25) is 0 Å². The van der Waals surface area contributed by atoms with E-state index in [1.54, 1.807) is 64.0 Å². The molecule has 0 radical (unpaired) electrons. The van der Waals surface area contributed by atoms with E-state index in [1.165, 1.54) is 111 Å². The van der Waals surface area contributed by atoms with Crippen molar-refractivity contribution in [3.05, 3.63) is 29.8 Å². The van der Waals surface area contributed by atoms with Gasteiger partial charge in [0.05, 0.1) is 13.2 Å². The highest BCUT2D eigenvalue weighted by Gasteiger charge is 2.46. The average Bonchev–Trinajstić information content (AvgIpc) is 2.52. The van der Waals surface area contributed by atoms with Crippen molar-refractivity contribution in [3.8, 4) is 5.75 Å². The van der Waals surface area contributed by atoms with E-state index in [1.807, 2.05) is 48.5 Å². The predicted molar refractivity (Wildman–Crippen MR) is 332 cm³/mol. The van der Waals surface area contributed by atoms with Gasteiger partial charge in [-0.3, -0.25) is 57.6 Å². The number of carbonyl (C=O) groups excluding carboxylic acids is 11. The van der Waals surface area contributed by atoms with Crippen LogP contribution in [0.5, 0.6) is 5.75 Å². The molecule has 87 heavy (non-hydrogen) atoms. The van der Waals surface area contributed by atoms with Gasteiger partial charge in [-0.1, -0.05) is 87.8 Å². The molecule has 1 aromatic carbocycles. The normalized spacial score (nSPS) is 23.8. The van der Waals surface area contributed by atoms with E-state index in [4.69, 9.17) is 9.47 Å². The van der Waals surface area contributed by atoms with Crippen molar-refractivity contribution >= 4 is 65.0 Å². The molecule has 0 bridgehead atoms. The lowest BCUT2D eigenvalue weighted by atomic mass is 9.95. The van der Waals surface area contributed by atoms with Crippen LogP contribution in [0.3, 0.4) is 0 Å². The van der Waals surface area contributed by atoms with Crippen molar-refractivity contribution in [2.24, 2.45) is 29.6 Å². The molecular formula is C63H107N11O13. The Morgan fingerprint density at radius 2 is 1.15 bits per heavy atom. The summed E-state index contributed by atoms with van der Waals surface area (Å²) in [5.41, 5.74) is 0.624. The topological polar surface area (TPSA) is 268 Å². The van der Waals surface area contributed by atoms with E-state index in [2.05, 4.69) is 16.0 Å². The quantitative estimate of drug-likeness (QED) is 0.159. The van der Waals surface area contributed by atoms with Crippen LogP contribution in [-0.4, -0.2) is 247 Å². The van der Waals surface area contributed by atoms with Crippen molar-refractivity contribution < 1.29 is 62.2 Å². The molecule has 0 spiro atoms. The number of hydrogen-bond donors (Lipinski definition) is 3. The smallest absolute Gasteiger partial charge is 0.324 e. The van der Waals surface area contributed by atoms with Gasteiger partial charge < -0.3 is 59.7 Å². The van der Waals surface area contributed by atoms with Crippen LogP contribution in [0.4, 0.5) is 0 Å². The zero-order chi connectivity index (χ0) is 67.1. The van der Waals surface area contributed by atoms with Gasteiger partial charge in [0.15, 0.2) is 6.10 Å². The summed E-state index contributed by atoms with van der Waals surface area (Å²) in [5, 5.41) is 8.51. The molecule has 1 saturated heterocycles. The second kappa shape index (κ2) is 33.5. The van der Waals surface area contributed by atoms with Gasteiger partial charge in [-0.05, 0) is 109 Å². The van der Waals surface area contributed by atoms with Gasteiger partial charge >= 0.3 is 5.97 Å². The average molecular weight is 1230 g/mol. The van der Waals surface area contributed by atoms with Crippen LogP contribution in [0.1, 0.15) is 129 Å². The molecule has 1 fully saturated rings. The molecule has 0 saturated carbocycles. The van der Waals surface area contributed by atoms with Crippen LogP contribution < -0.4 is 20.7 Å². The fraction of sp³-hybridized carbons (Fsp3) is 0.730. The number of esters is 1. The number of amides is 10. The first-order chi connectivity index (χ1) is 40.2. The maximum atomic E-state index is 15.4. The Balaban J connectivity index is 2.91. The third kappa shape index (κ3) is 19.6. The molecule has 3 N–H and O–H groups in total. The van der Waals surface area contributed by atoms with E-state index in [9.17, 15) is 43.2 Å². The Labute approximate surface area is 518 Å². The second-order valence-corrected chi connectivity index (χ2v) is 25.6. The minimum atomic E-state index is -1.60. The SMILES string of the molecule is CC[C@H](C)[C@H]1C(=O)N[C@@H](C)C(=O)N(C)[C@@H](CC(C)C)C(=O)N[C@@H](Cc2ccc(OC)cc2)C(=O)N(C)[C@H](C)C(=O)N[C@H](C)[C@H](N(C)C(=O)[C@H](CC(C)C)N(C)C(=O)[C@H](C)N(C)C(=O)[C@H](OC(=O)[C@H](C(C)C)N(C)C)C(C)C)C(=O)N(C)[C@@H](C)C(=O)N1C. The summed E-state index contributed by atoms with van der Waals surface area (Å²) < 4.78 is 11.2. The Kier molecular flexibility index (Phi) is 29.3. The highest BCUT2D eigenvalue weighted by molar-refractivity contribution is 5.99.